The lowest BCUT2D eigenvalue weighted by molar-refractivity contribution is -0.124. The number of benzene rings is 2. The summed E-state index contributed by atoms with van der Waals surface area (Å²) in [6.45, 7) is 2.66. The van der Waals surface area contributed by atoms with E-state index in [9.17, 15) is 13.2 Å². The Labute approximate surface area is 171 Å². The van der Waals surface area contributed by atoms with Gasteiger partial charge < -0.3 is 14.8 Å². The number of aryl methyl sites for hydroxylation is 1. The van der Waals surface area contributed by atoms with Crippen molar-refractivity contribution in [2.75, 3.05) is 20.8 Å². The molecule has 1 aliphatic rings. The van der Waals surface area contributed by atoms with Crippen molar-refractivity contribution in [3.63, 3.8) is 0 Å². The number of hydrogen-bond acceptors (Lipinski definition) is 5. The molecule has 0 bridgehead atoms. The largest absolute Gasteiger partial charge is 0.493 e. The minimum atomic E-state index is -3.84. The van der Waals surface area contributed by atoms with E-state index in [0.717, 1.165) is 11.1 Å². The molecule has 1 unspecified atom stereocenters. The molecule has 29 heavy (non-hydrogen) atoms. The van der Waals surface area contributed by atoms with Gasteiger partial charge in [0.2, 0.25) is 15.9 Å². The fourth-order valence-corrected chi connectivity index (χ4v) is 5.09. The second kappa shape index (κ2) is 8.84. The van der Waals surface area contributed by atoms with Crippen LogP contribution in [-0.2, 0) is 21.4 Å². The van der Waals surface area contributed by atoms with Crippen molar-refractivity contribution >= 4 is 15.9 Å². The summed E-state index contributed by atoms with van der Waals surface area (Å²) in [6.07, 6.45) is 1.13. The molecule has 1 N–H and O–H groups in total. The average molecular weight is 419 g/mol. The van der Waals surface area contributed by atoms with Crippen molar-refractivity contribution in [1.82, 2.24) is 9.62 Å². The normalized spacial score (nSPS) is 17.1. The summed E-state index contributed by atoms with van der Waals surface area (Å²) in [5, 5.41) is 2.86. The lowest BCUT2D eigenvalue weighted by atomic mass is 10.1. The number of ether oxygens (including phenoxy) is 2. The van der Waals surface area contributed by atoms with Crippen molar-refractivity contribution in [1.29, 1.82) is 0 Å². The van der Waals surface area contributed by atoms with Gasteiger partial charge >= 0.3 is 0 Å². The first-order valence-corrected chi connectivity index (χ1v) is 10.9. The second-order valence-electron chi connectivity index (χ2n) is 6.99. The van der Waals surface area contributed by atoms with E-state index in [0.29, 0.717) is 37.4 Å². The molecule has 8 heteroatoms. The molecule has 3 rings (SSSR count). The van der Waals surface area contributed by atoms with E-state index in [1.165, 1.54) is 30.7 Å². The molecule has 0 aromatic heterocycles. The predicted octanol–water partition coefficient (Wildman–Crippen LogP) is 2.48. The Bertz CT molecular complexity index is 973. The number of sulfonamides is 1. The van der Waals surface area contributed by atoms with Crippen LogP contribution < -0.4 is 14.8 Å². The third kappa shape index (κ3) is 4.54. The minimum absolute atomic E-state index is 0.0772. The molecule has 1 atom stereocenters. The summed E-state index contributed by atoms with van der Waals surface area (Å²) in [7, 11) is -0.905. The van der Waals surface area contributed by atoms with Crippen molar-refractivity contribution in [2.45, 2.75) is 37.2 Å². The smallest absolute Gasteiger partial charge is 0.243 e. The fourth-order valence-electron chi connectivity index (χ4n) is 3.42. The Morgan fingerprint density at radius 2 is 1.79 bits per heavy atom. The highest BCUT2D eigenvalue weighted by molar-refractivity contribution is 7.89. The Balaban J connectivity index is 1.76. The molecule has 0 saturated carbocycles. The lowest BCUT2D eigenvalue weighted by Gasteiger charge is -2.24. The number of amides is 1. The van der Waals surface area contributed by atoms with E-state index in [4.69, 9.17) is 9.47 Å². The first kappa shape index (κ1) is 21.1. The summed E-state index contributed by atoms with van der Waals surface area (Å²) in [6, 6.07) is 11.6. The van der Waals surface area contributed by atoms with Crippen molar-refractivity contribution < 1.29 is 22.7 Å². The van der Waals surface area contributed by atoms with E-state index in [-0.39, 0.29) is 10.8 Å². The molecular formula is C21H26N2O5S. The molecule has 1 heterocycles. The van der Waals surface area contributed by atoms with Gasteiger partial charge in [-0.2, -0.15) is 4.31 Å². The Hall–Kier alpha value is -2.58. The molecule has 0 radical (unpaired) electrons. The first-order chi connectivity index (χ1) is 13.9. The number of nitrogens with zero attached hydrogens (tertiary/aromatic N) is 1. The molecule has 2 aromatic carbocycles. The van der Waals surface area contributed by atoms with Gasteiger partial charge in [0, 0.05) is 19.2 Å². The van der Waals surface area contributed by atoms with E-state index >= 15 is 0 Å². The molecule has 1 amide bonds. The molecular weight excluding hydrogens is 392 g/mol. The van der Waals surface area contributed by atoms with E-state index in [1.807, 2.05) is 31.2 Å². The summed E-state index contributed by atoms with van der Waals surface area (Å²) in [5.74, 6) is 0.487. The quantitative estimate of drug-likeness (QED) is 0.747. The van der Waals surface area contributed by atoms with Crippen molar-refractivity contribution in [3.8, 4) is 11.5 Å². The summed E-state index contributed by atoms with van der Waals surface area (Å²) < 4.78 is 38.0. The van der Waals surface area contributed by atoms with E-state index in [2.05, 4.69) is 5.32 Å². The van der Waals surface area contributed by atoms with Gasteiger partial charge in [-0.25, -0.2) is 8.42 Å². The minimum Gasteiger partial charge on any atom is -0.493 e. The maximum absolute atomic E-state index is 13.2. The molecule has 1 aliphatic heterocycles. The van der Waals surface area contributed by atoms with Gasteiger partial charge in [0.15, 0.2) is 11.5 Å². The fraction of sp³-hybridized carbons (Fsp3) is 0.381. The molecule has 156 valence electrons. The van der Waals surface area contributed by atoms with Crippen LogP contribution in [0.3, 0.4) is 0 Å². The average Bonchev–Trinajstić information content (AvgIpc) is 3.23. The third-order valence-electron chi connectivity index (χ3n) is 5.06. The van der Waals surface area contributed by atoms with Gasteiger partial charge in [0.05, 0.1) is 19.1 Å². The van der Waals surface area contributed by atoms with Gasteiger partial charge in [-0.05, 0) is 37.5 Å². The first-order valence-electron chi connectivity index (χ1n) is 9.44. The van der Waals surface area contributed by atoms with Crippen LogP contribution in [0.25, 0.3) is 0 Å². The highest BCUT2D eigenvalue weighted by atomic mass is 32.2. The number of carbonyl (C=O) groups excluding carboxylic acids is 1. The van der Waals surface area contributed by atoms with Crippen LogP contribution >= 0.6 is 0 Å². The summed E-state index contributed by atoms with van der Waals surface area (Å²) >= 11 is 0. The maximum Gasteiger partial charge on any atom is 0.243 e. The zero-order valence-electron chi connectivity index (χ0n) is 16.8. The molecule has 7 nitrogen and oxygen atoms in total. The molecule has 2 aromatic rings. The molecule has 1 saturated heterocycles. The van der Waals surface area contributed by atoms with Gasteiger partial charge in [0.1, 0.15) is 6.04 Å². The zero-order valence-corrected chi connectivity index (χ0v) is 17.7. The number of methoxy groups -OCH3 is 2. The predicted molar refractivity (Wildman–Crippen MR) is 109 cm³/mol. The summed E-state index contributed by atoms with van der Waals surface area (Å²) in [4.78, 5) is 12.8. The molecule has 0 spiro atoms. The van der Waals surface area contributed by atoms with Crippen molar-refractivity contribution in [3.05, 3.63) is 53.6 Å². The molecule has 0 aliphatic carbocycles. The highest BCUT2D eigenvalue weighted by Gasteiger charge is 2.39. The van der Waals surface area contributed by atoms with E-state index in [1.54, 1.807) is 6.07 Å². The topological polar surface area (TPSA) is 84.9 Å². The van der Waals surface area contributed by atoms with Crippen LogP contribution in [0.5, 0.6) is 11.5 Å². The second-order valence-corrected chi connectivity index (χ2v) is 8.88. The third-order valence-corrected chi connectivity index (χ3v) is 6.96. The number of rotatable bonds is 7. The SMILES string of the molecule is COc1ccc(S(=O)(=O)N2CCCC2C(=O)NCc2ccc(C)cc2)cc1OC. The lowest BCUT2D eigenvalue weighted by Crippen LogP contribution is -2.45. The standard InChI is InChI=1S/C21H26N2O5S/c1-15-6-8-16(9-7-15)14-22-21(24)18-5-4-12-23(18)29(25,26)17-10-11-19(27-2)20(13-17)28-3/h6-11,13,18H,4-5,12,14H2,1-3H3,(H,22,24). The van der Waals surface area contributed by atoms with Crippen LogP contribution in [0.1, 0.15) is 24.0 Å². The molecule has 1 fully saturated rings. The van der Waals surface area contributed by atoms with Gasteiger partial charge in [-0.15, -0.1) is 0 Å². The number of hydrogen-bond donors (Lipinski definition) is 1. The van der Waals surface area contributed by atoms with Crippen LogP contribution in [0.2, 0.25) is 0 Å². The summed E-state index contributed by atoms with van der Waals surface area (Å²) in [5.41, 5.74) is 2.11. The van der Waals surface area contributed by atoms with Crippen LogP contribution in [0.15, 0.2) is 47.4 Å². The number of nitrogens with one attached hydrogen (secondary N) is 1. The Kier molecular flexibility index (Phi) is 6.44. The van der Waals surface area contributed by atoms with Gasteiger partial charge in [0.25, 0.3) is 0 Å². The zero-order chi connectivity index (χ0) is 21.0. The maximum atomic E-state index is 13.2. The van der Waals surface area contributed by atoms with Crippen LogP contribution in [0, 0.1) is 6.92 Å². The Morgan fingerprint density at radius 1 is 1.10 bits per heavy atom. The number of carbonyl (C=O) groups is 1. The monoisotopic (exact) mass is 418 g/mol. The van der Waals surface area contributed by atoms with Crippen molar-refractivity contribution in [2.24, 2.45) is 0 Å². The van der Waals surface area contributed by atoms with Crippen LogP contribution in [0.4, 0.5) is 0 Å². The highest BCUT2D eigenvalue weighted by Crippen LogP contribution is 2.33. The van der Waals surface area contributed by atoms with Crippen LogP contribution in [-0.4, -0.2) is 45.4 Å². The Morgan fingerprint density at radius 3 is 2.45 bits per heavy atom. The van der Waals surface area contributed by atoms with E-state index < -0.39 is 16.1 Å². The van der Waals surface area contributed by atoms with Gasteiger partial charge in [-0.1, -0.05) is 29.8 Å². The van der Waals surface area contributed by atoms with Gasteiger partial charge in [-0.3, -0.25) is 4.79 Å².